The molecule has 1 fully saturated rings. The van der Waals surface area contributed by atoms with Gasteiger partial charge >= 0.3 is 0 Å². The molecule has 0 radical (unpaired) electrons. The fraction of sp³-hybridized carbons (Fsp3) is 0.467. The van der Waals surface area contributed by atoms with Crippen LogP contribution in [-0.2, 0) is 21.2 Å². The first-order valence-electron chi connectivity index (χ1n) is 7.72. The van der Waals surface area contributed by atoms with Crippen LogP contribution >= 0.6 is 22.7 Å². The van der Waals surface area contributed by atoms with Gasteiger partial charge in [-0.15, -0.1) is 22.7 Å². The fourth-order valence-electron chi connectivity index (χ4n) is 2.77. The van der Waals surface area contributed by atoms with Gasteiger partial charge in [0.2, 0.25) is 5.91 Å². The van der Waals surface area contributed by atoms with Crippen molar-refractivity contribution in [1.29, 1.82) is 0 Å². The number of hydrogen-bond donors (Lipinski definition) is 1. The first-order valence-corrected chi connectivity index (χ1v) is 10.9. The average Bonchev–Trinajstić information content (AvgIpc) is 3.29. The zero-order valence-electron chi connectivity index (χ0n) is 13.3. The zero-order valence-corrected chi connectivity index (χ0v) is 15.7. The Balaban J connectivity index is 1.61. The highest BCUT2D eigenvalue weighted by Gasteiger charge is 2.39. The third kappa shape index (κ3) is 3.69. The van der Waals surface area contributed by atoms with Gasteiger partial charge < -0.3 is 5.32 Å². The third-order valence-corrected chi connectivity index (χ3v) is 8.01. The van der Waals surface area contributed by atoms with E-state index in [1.807, 2.05) is 12.3 Å². The maximum absolute atomic E-state index is 12.7. The molecule has 1 atom stereocenters. The zero-order chi connectivity index (χ0) is 17.2. The first-order chi connectivity index (χ1) is 11.5. The lowest BCUT2D eigenvalue weighted by Gasteiger charge is -2.22. The van der Waals surface area contributed by atoms with Crippen molar-refractivity contribution in [3.05, 3.63) is 33.6 Å². The van der Waals surface area contributed by atoms with Crippen molar-refractivity contribution in [1.82, 2.24) is 14.6 Å². The highest BCUT2D eigenvalue weighted by Crippen LogP contribution is 2.28. The van der Waals surface area contributed by atoms with Crippen LogP contribution in [0.3, 0.4) is 0 Å². The van der Waals surface area contributed by atoms with Gasteiger partial charge in [-0.3, -0.25) is 4.79 Å². The van der Waals surface area contributed by atoms with Crippen molar-refractivity contribution < 1.29 is 13.2 Å². The molecule has 0 saturated carbocycles. The van der Waals surface area contributed by atoms with E-state index in [2.05, 4.69) is 10.3 Å². The van der Waals surface area contributed by atoms with Gasteiger partial charge in [0, 0.05) is 24.9 Å². The van der Waals surface area contributed by atoms with Crippen LogP contribution in [0.25, 0.3) is 0 Å². The molecule has 0 spiro atoms. The molecule has 1 unspecified atom stereocenters. The molecule has 2 aromatic rings. The normalized spacial score (nSPS) is 18.8. The Morgan fingerprint density at radius 2 is 2.29 bits per heavy atom. The second-order valence-electron chi connectivity index (χ2n) is 5.60. The van der Waals surface area contributed by atoms with Crippen molar-refractivity contribution in [2.24, 2.45) is 0 Å². The summed E-state index contributed by atoms with van der Waals surface area (Å²) < 4.78 is 26.9. The van der Waals surface area contributed by atoms with E-state index in [1.54, 1.807) is 28.8 Å². The average molecular weight is 386 g/mol. The Morgan fingerprint density at radius 1 is 1.46 bits per heavy atom. The highest BCUT2D eigenvalue weighted by atomic mass is 32.2. The molecule has 9 heteroatoms. The number of sulfonamides is 1. The van der Waals surface area contributed by atoms with Crippen molar-refractivity contribution >= 4 is 38.6 Å². The van der Waals surface area contributed by atoms with E-state index in [-0.39, 0.29) is 5.91 Å². The molecule has 0 aromatic carbocycles. The van der Waals surface area contributed by atoms with Gasteiger partial charge in [0.05, 0.1) is 10.7 Å². The van der Waals surface area contributed by atoms with E-state index >= 15 is 0 Å². The predicted molar refractivity (Wildman–Crippen MR) is 94.8 cm³/mol. The quantitative estimate of drug-likeness (QED) is 0.825. The molecule has 1 aliphatic rings. The van der Waals surface area contributed by atoms with E-state index in [1.165, 1.54) is 15.6 Å². The Hall–Kier alpha value is -1.29. The van der Waals surface area contributed by atoms with Gasteiger partial charge in [-0.1, -0.05) is 6.07 Å². The summed E-state index contributed by atoms with van der Waals surface area (Å²) in [6.45, 7) is 2.80. The molecule has 0 bridgehead atoms. The highest BCUT2D eigenvalue weighted by molar-refractivity contribution is 7.91. The summed E-state index contributed by atoms with van der Waals surface area (Å²) in [5.74, 6) is -0.223. The van der Waals surface area contributed by atoms with E-state index in [0.29, 0.717) is 36.6 Å². The Labute approximate surface area is 149 Å². The summed E-state index contributed by atoms with van der Waals surface area (Å²) in [5, 5.41) is 7.56. The largest absolute Gasteiger partial charge is 0.354 e. The lowest BCUT2D eigenvalue weighted by Crippen LogP contribution is -2.46. The Bertz CT molecular complexity index is 799. The molecule has 1 amide bonds. The minimum Gasteiger partial charge on any atom is -0.354 e. The predicted octanol–water partition coefficient (Wildman–Crippen LogP) is 2.03. The summed E-state index contributed by atoms with van der Waals surface area (Å²) >= 11 is 2.76. The summed E-state index contributed by atoms with van der Waals surface area (Å²) in [6.07, 6.45) is 1.92. The van der Waals surface area contributed by atoms with E-state index in [0.717, 1.165) is 10.7 Å². The molecule has 1 N–H and O–H groups in total. The van der Waals surface area contributed by atoms with Crippen LogP contribution in [0.2, 0.25) is 0 Å². The Kier molecular flexibility index (Phi) is 5.33. The number of aromatic nitrogens is 1. The monoisotopic (exact) mass is 385 g/mol. The van der Waals surface area contributed by atoms with Gasteiger partial charge in [0.25, 0.3) is 10.0 Å². The van der Waals surface area contributed by atoms with Gasteiger partial charge in [0.1, 0.15) is 10.3 Å². The van der Waals surface area contributed by atoms with Crippen molar-refractivity contribution in [3.8, 4) is 0 Å². The number of amides is 1. The number of thiophene rings is 1. The smallest absolute Gasteiger partial charge is 0.253 e. The lowest BCUT2D eigenvalue weighted by atomic mass is 10.2. The van der Waals surface area contributed by atoms with E-state index in [4.69, 9.17) is 0 Å². The topological polar surface area (TPSA) is 79.4 Å². The number of carbonyl (C=O) groups is 1. The number of nitrogens with one attached hydrogen (secondary N) is 1. The van der Waals surface area contributed by atoms with Gasteiger partial charge in [0.15, 0.2) is 0 Å². The van der Waals surface area contributed by atoms with Crippen LogP contribution in [0.1, 0.15) is 23.5 Å². The molecule has 3 heterocycles. The van der Waals surface area contributed by atoms with Gasteiger partial charge in [-0.2, -0.15) is 4.31 Å². The SMILES string of the molecule is Cc1nc(CCNC(=O)C2CCCN2S(=O)(=O)c2cccs2)cs1. The van der Waals surface area contributed by atoms with Crippen molar-refractivity contribution in [2.45, 2.75) is 36.4 Å². The summed E-state index contributed by atoms with van der Waals surface area (Å²) in [7, 11) is -3.58. The second kappa shape index (κ2) is 7.30. The van der Waals surface area contributed by atoms with Crippen LogP contribution < -0.4 is 5.32 Å². The summed E-state index contributed by atoms with van der Waals surface area (Å²) in [4.78, 5) is 16.8. The van der Waals surface area contributed by atoms with Crippen LogP contribution in [0.5, 0.6) is 0 Å². The van der Waals surface area contributed by atoms with Crippen LogP contribution in [0, 0.1) is 6.92 Å². The first kappa shape index (κ1) is 17.5. The summed E-state index contributed by atoms with van der Waals surface area (Å²) in [5.41, 5.74) is 0.951. The molecular formula is C15H19N3O3S3. The minimum atomic E-state index is -3.58. The van der Waals surface area contributed by atoms with Gasteiger partial charge in [-0.05, 0) is 31.2 Å². The molecule has 1 saturated heterocycles. The van der Waals surface area contributed by atoms with Crippen LogP contribution in [-0.4, -0.2) is 42.7 Å². The van der Waals surface area contributed by atoms with E-state index < -0.39 is 16.1 Å². The van der Waals surface area contributed by atoms with Crippen molar-refractivity contribution in [2.75, 3.05) is 13.1 Å². The standard InChI is InChI=1S/C15H19N3O3S3/c1-11-17-12(10-23-11)6-7-16-15(19)13-4-2-8-18(13)24(20,21)14-5-3-9-22-14/h3,5,9-10,13H,2,4,6-8H2,1H3,(H,16,19). The van der Waals surface area contributed by atoms with Crippen molar-refractivity contribution in [3.63, 3.8) is 0 Å². The number of rotatable bonds is 6. The number of thiazole rings is 1. The molecule has 24 heavy (non-hydrogen) atoms. The molecule has 0 aliphatic carbocycles. The van der Waals surface area contributed by atoms with Crippen LogP contribution in [0.15, 0.2) is 27.1 Å². The van der Waals surface area contributed by atoms with Gasteiger partial charge in [-0.25, -0.2) is 13.4 Å². The lowest BCUT2D eigenvalue weighted by molar-refractivity contribution is -0.124. The third-order valence-electron chi connectivity index (χ3n) is 3.91. The molecule has 6 nitrogen and oxygen atoms in total. The number of hydrogen-bond acceptors (Lipinski definition) is 6. The molecule has 130 valence electrons. The fourth-order valence-corrected chi connectivity index (χ4v) is 6.19. The molecule has 1 aliphatic heterocycles. The van der Waals surface area contributed by atoms with Crippen LogP contribution in [0.4, 0.5) is 0 Å². The number of aryl methyl sites for hydroxylation is 1. The number of nitrogens with zero attached hydrogens (tertiary/aromatic N) is 2. The number of carbonyl (C=O) groups excluding carboxylic acids is 1. The summed E-state index contributed by atoms with van der Waals surface area (Å²) in [6, 6.07) is 2.67. The molecule has 2 aromatic heterocycles. The maximum Gasteiger partial charge on any atom is 0.253 e. The molecular weight excluding hydrogens is 366 g/mol. The second-order valence-corrected chi connectivity index (χ2v) is 9.73. The van der Waals surface area contributed by atoms with E-state index in [9.17, 15) is 13.2 Å². The maximum atomic E-state index is 12.7. The molecule has 3 rings (SSSR count). The Morgan fingerprint density at radius 3 is 2.96 bits per heavy atom. The minimum absolute atomic E-state index is 0.223.